The van der Waals surface area contributed by atoms with E-state index in [1.807, 2.05) is 11.9 Å². The Morgan fingerprint density at radius 1 is 1.38 bits per heavy atom. The normalized spacial score (nSPS) is 22.0. The van der Waals surface area contributed by atoms with Crippen LogP contribution in [-0.2, 0) is 10.3 Å². The molecule has 2 fully saturated rings. The molecule has 1 heterocycles. The highest BCUT2D eigenvalue weighted by molar-refractivity contribution is 5.75. The van der Waals surface area contributed by atoms with Gasteiger partial charge in [0.2, 0.25) is 0 Å². The van der Waals surface area contributed by atoms with Gasteiger partial charge < -0.3 is 19.9 Å². The van der Waals surface area contributed by atoms with Crippen LogP contribution in [0.4, 0.5) is 4.79 Å². The Hall–Kier alpha value is -1.59. The molecule has 26 heavy (non-hydrogen) atoms. The van der Waals surface area contributed by atoms with Crippen LogP contribution in [0.1, 0.15) is 36.8 Å². The number of nitrogens with zero attached hydrogens (tertiary/aromatic N) is 2. The second kappa shape index (κ2) is 8.40. The van der Waals surface area contributed by atoms with E-state index in [4.69, 9.17) is 4.74 Å². The van der Waals surface area contributed by atoms with Crippen LogP contribution in [0.5, 0.6) is 0 Å². The molecule has 1 saturated heterocycles. The van der Waals surface area contributed by atoms with Crippen molar-refractivity contribution in [2.24, 2.45) is 5.92 Å². The molecule has 5 nitrogen and oxygen atoms in total. The highest BCUT2D eigenvalue weighted by Crippen LogP contribution is 2.46. The van der Waals surface area contributed by atoms with Crippen molar-refractivity contribution in [1.82, 2.24) is 15.1 Å². The van der Waals surface area contributed by atoms with Gasteiger partial charge in [0, 0.05) is 33.8 Å². The maximum absolute atomic E-state index is 12.8. The van der Waals surface area contributed by atoms with Crippen LogP contribution in [0.25, 0.3) is 0 Å². The molecule has 2 aliphatic rings. The minimum absolute atomic E-state index is 0.0553. The summed E-state index contributed by atoms with van der Waals surface area (Å²) < 4.78 is 5.20. The number of benzene rings is 1. The molecule has 1 aromatic carbocycles. The zero-order valence-corrected chi connectivity index (χ0v) is 16.5. The van der Waals surface area contributed by atoms with Gasteiger partial charge in [0.25, 0.3) is 0 Å². The Bertz CT molecular complexity index is 615. The molecule has 0 radical (unpaired) electrons. The van der Waals surface area contributed by atoms with E-state index in [9.17, 15) is 4.79 Å². The fourth-order valence-electron chi connectivity index (χ4n) is 4.19. The van der Waals surface area contributed by atoms with E-state index in [1.54, 1.807) is 7.11 Å². The molecular weight excluding hydrogens is 326 g/mol. The Balaban J connectivity index is 1.53. The van der Waals surface area contributed by atoms with E-state index >= 15 is 0 Å². The standard InChI is InChI=1S/C21H33N3O2/c1-17-7-4-5-9-19(17)21(10-11-21)22-20(25)23(2)15-18-8-6-12-24(16-18)13-14-26-3/h4-5,7,9,18H,6,8,10-16H2,1-3H3,(H,22,25)/t18-/m1/s1. The molecule has 0 spiro atoms. The molecule has 2 amide bonds. The Kier molecular flexibility index (Phi) is 6.20. The summed E-state index contributed by atoms with van der Waals surface area (Å²) in [4.78, 5) is 17.1. The number of likely N-dealkylation sites (tertiary alicyclic amines) is 1. The van der Waals surface area contributed by atoms with Crippen LogP contribution in [0.15, 0.2) is 24.3 Å². The SMILES string of the molecule is COCCN1CCC[C@H](CN(C)C(=O)NC2(c3ccccc3C)CC2)C1. The van der Waals surface area contributed by atoms with Gasteiger partial charge in [-0.25, -0.2) is 4.79 Å². The summed E-state index contributed by atoms with van der Waals surface area (Å²) in [6, 6.07) is 8.45. The van der Waals surface area contributed by atoms with Gasteiger partial charge in [-0.1, -0.05) is 24.3 Å². The Morgan fingerprint density at radius 2 is 2.15 bits per heavy atom. The van der Waals surface area contributed by atoms with Crippen molar-refractivity contribution in [3.8, 4) is 0 Å². The number of aryl methyl sites for hydroxylation is 1. The number of methoxy groups -OCH3 is 1. The summed E-state index contributed by atoms with van der Waals surface area (Å²) in [6.07, 6.45) is 4.47. The van der Waals surface area contributed by atoms with Gasteiger partial charge in [-0.2, -0.15) is 0 Å². The van der Waals surface area contributed by atoms with E-state index in [-0.39, 0.29) is 11.6 Å². The van der Waals surface area contributed by atoms with Crippen molar-refractivity contribution in [3.05, 3.63) is 35.4 Å². The number of rotatable bonds is 7. The summed E-state index contributed by atoms with van der Waals surface area (Å²) in [5, 5.41) is 3.31. The summed E-state index contributed by atoms with van der Waals surface area (Å²) in [5.41, 5.74) is 2.38. The number of carbonyl (C=O) groups excluding carboxylic acids is 1. The minimum Gasteiger partial charge on any atom is -0.383 e. The number of carbonyl (C=O) groups is 1. The number of urea groups is 1. The van der Waals surface area contributed by atoms with Gasteiger partial charge in [-0.3, -0.25) is 0 Å². The number of ether oxygens (including phenoxy) is 1. The monoisotopic (exact) mass is 359 g/mol. The summed E-state index contributed by atoms with van der Waals surface area (Å²) in [5.74, 6) is 0.546. The van der Waals surface area contributed by atoms with Crippen molar-refractivity contribution in [3.63, 3.8) is 0 Å². The summed E-state index contributed by atoms with van der Waals surface area (Å²) in [7, 11) is 3.68. The van der Waals surface area contributed by atoms with Gasteiger partial charge in [0.05, 0.1) is 12.1 Å². The van der Waals surface area contributed by atoms with Gasteiger partial charge >= 0.3 is 6.03 Å². The highest BCUT2D eigenvalue weighted by atomic mass is 16.5. The number of piperidine rings is 1. The van der Waals surface area contributed by atoms with Crippen molar-refractivity contribution in [2.75, 3.05) is 46.9 Å². The minimum atomic E-state index is -0.145. The van der Waals surface area contributed by atoms with Crippen molar-refractivity contribution < 1.29 is 9.53 Å². The van der Waals surface area contributed by atoms with Crippen molar-refractivity contribution in [1.29, 1.82) is 0 Å². The molecule has 144 valence electrons. The average Bonchev–Trinajstić information content (AvgIpc) is 3.41. The van der Waals surface area contributed by atoms with Gasteiger partial charge in [-0.15, -0.1) is 0 Å². The van der Waals surface area contributed by atoms with Crippen LogP contribution >= 0.6 is 0 Å². The third kappa shape index (κ3) is 4.57. The lowest BCUT2D eigenvalue weighted by molar-refractivity contribution is 0.105. The highest BCUT2D eigenvalue weighted by Gasteiger charge is 2.46. The third-order valence-electron chi connectivity index (χ3n) is 5.85. The fourth-order valence-corrected chi connectivity index (χ4v) is 4.19. The third-order valence-corrected chi connectivity index (χ3v) is 5.85. The second-order valence-corrected chi connectivity index (χ2v) is 8.01. The molecule has 1 aliphatic carbocycles. The van der Waals surface area contributed by atoms with Crippen molar-refractivity contribution in [2.45, 2.75) is 38.1 Å². The van der Waals surface area contributed by atoms with E-state index in [1.165, 1.54) is 24.0 Å². The largest absolute Gasteiger partial charge is 0.383 e. The molecule has 3 rings (SSSR count). The zero-order chi connectivity index (χ0) is 18.6. The van der Waals surface area contributed by atoms with E-state index in [0.29, 0.717) is 5.92 Å². The van der Waals surface area contributed by atoms with Crippen LogP contribution in [0.3, 0.4) is 0 Å². The molecule has 0 bridgehead atoms. The summed E-state index contributed by atoms with van der Waals surface area (Å²) in [6.45, 7) is 6.92. The predicted molar refractivity (Wildman–Crippen MR) is 104 cm³/mol. The molecule has 0 aromatic heterocycles. The van der Waals surface area contributed by atoms with Crippen LogP contribution < -0.4 is 5.32 Å². The molecular formula is C21H33N3O2. The fraction of sp³-hybridized carbons (Fsp3) is 0.667. The van der Waals surface area contributed by atoms with Gasteiger partial charge in [0.1, 0.15) is 0 Å². The molecule has 0 unspecified atom stereocenters. The molecule has 1 aliphatic heterocycles. The molecule has 1 aromatic rings. The predicted octanol–water partition coefficient (Wildman–Crippen LogP) is 2.98. The number of nitrogens with one attached hydrogen (secondary N) is 1. The molecule has 1 atom stereocenters. The number of amides is 2. The maximum Gasteiger partial charge on any atom is 0.317 e. The lowest BCUT2D eigenvalue weighted by atomic mass is 9.97. The topological polar surface area (TPSA) is 44.8 Å². The van der Waals surface area contributed by atoms with Crippen LogP contribution in [-0.4, -0.2) is 62.8 Å². The van der Waals surface area contributed by atoms with E-state index < -0.39 is 0 Å². The maximum atomic E-state index is 12.8. The zero-order valence-electron chi connectivity index (χ0n) is 16.5. The summed E-state index contributed by atoms with van der Waals surface area (Å²) >= 11 is 0. The van der Waals surface area contributed by atoms with E-state index in [2.05, 4.69) is 41.4 Å². The van der Waals surface area contributed by atoms with E-state index in [0.717, 1.165) is 45.6 Å². The lowest BCUT2D eigenvalue weighted by Gasteiger charge is -2.35. The molecule has 5 heteroatoms. The quantitative estimate of drug-likeness (QED) is 0.814. The van der Waals surface area contributed by atoms with Gasteiger partial charge in [-0.05, 0) is 56.2 Å². The smallest absolute Gasteiger partial charge is 0.317 e. The molecule has 1 N–H and O–H groups in total. The van der Waals surface area contributed by atoms with Gasteiger partial charge in [0.15, 0.2) is 0 Å². The second-order valence-electron chi connectivity index (χ2n) is 8.01. The lowest BCUT2D eigenvalue weighted by Crippen LogP contribution is -2.47. The average molecular weight is 360 g/mol. The van der Waals surface area contributed by atoms with Crippen molar-refractivity contribution >= 4 is 6.03 Å². The van der Waals surface area contributed by atoms with Crippen LogP contribution in [0.2, 0.25) is 0 Å². The first kappa shape index (κ1) is 19.2. The number of hydrogen-bond donors (Lipinski definition) is 1. The first-order valence-corrected chi connectivity index (χ1v) is 9.85. The first-order chi connectivity index (χ1) is 12.5. The Morgan fingerprint density at radius 3 is 2.85 bits per heavy atom. The first-order valence-electron chi connectivity index (χ1n) is 9.85. The van der Waals surface area contributed by atoms with Crippen LogP contribution in [0, 0.1) is 12.8 Å². The Labute approximate surface area is 157 Å². The molecule has 1 saturated carbocycles. The number of hydrogen-bond acceptors (Lipinski definition) is 3.